The van der Waals surface area contributed by atoms with E-state index in [-0.39, 0.29) is 5.88 Å². The average Bonchev–Trinajstić information content (AvgIpc) is 2.57. The molecule has 0 saturated heterocycles. The number of aromatic hydroxyl groups is 1. The fraction of sp³-hybridized carbons (Fsp3) is 0.231. The predicted octanol–water partition coefficient (Wildman–Crippen LogP) is 4.16. The van der Waals surface area contributed by atoms with Crippen molar-refractivity contribution in [2.75, 3.05) is 0 Å². The molecule has 5 heteroatoms. The quantitative estimate of drug-likeness (QED) is 0.632. The van der Waals surface area contributed by atoms with Crippen LogP contribution < -0.4 is 0 Å². The zero-order chi connectivity index (χ0) is 13.3. The molecule has 4 nitrogen and oxygen atoms in total. The van der Waals surface area contributed by atoms with Gasteiger partial charge in [0.25, 0.3) is 0 Å². The molecular weight excluding hydrogens is 246 g/mol. The van der Waals surface area contributed by atoms with E-state index in [4.69, 9.17) is 0 Å². The van der Waals surface area contributed by atoms with Gasteiger partial charge in [-0.1, -0.05) is 18.2 Å². The second-order valence-corrected chi connectivity index (χ2v) is 4.57. The van der Waals surface area contributed by atoms with Crippen molar-refractivity contribution in [3.63, 3.8) is 0 Å². The lowest BCUT2D eigenvalue weighted by atomic mass is 10.1. The third-order valence-corrected chi connectivity index (χ3v) is 2.84. The van der Waals surface area contributed by atoms with E-state index in [9.17, 15) is 5.11 Å². The number of hydrogen-bond acceptors (Lipinski definition) is 4. The van der Waals surface area contributed by atoms with Crippen LogP contribution in [0.25, 0.3) is 10.9 Å². The molecule has 94 valence electrons. The van der Waals surface area contributed by atoms with Crippen LogP contribution in [-0.4, -0.2) is 9.67 Å². The van der Waals surface area contributed by atoms with Crippen LogP contribution in [0.15, 0.2) is 40.0 Å². The minimum Gasteiger partial charge on any atom is -0.493 e. The zero-order valence-electron chi connectivity index (χ0n) is 10.4. The molecule has 0 aliphatic heterocycles. The Labute approximate surface area is 111 Å². The predicted molar refractivity (Wildman–Crippen MR) is 76.7 cm³/mol. The van der Waals surface area contributed by atoms with Gasteiger partial charge in [0.05, 0.1) is 5.52 Å². The maximum Gasteiger partial charge on any atom is 0.220 e. The summed E-state index contributed by atoms with van der Waals surface area (Å²) < 4.78 is 1.80. The molecule has 0 aliphatic rings. The van der Waals surface area contributed by atoms with E-state index in [0.717, 1.165) is 16.5 Å². The first-order valence-electron chi connectivity index (χ1n) is 5.66. The summed E-state index contributed by atoms with van der Waals surface area (Å²) in [5, 5.41) is 19.2. The highest BCUT2D eigenvalue weighted by molar-refractivity contribution is 7.84. The molecule has 0 bridgehead atoms. The van der Waals surface area contributed by atoms with Crippen molar-refractivity contribution in [1.82, 2.24) is 4.57 Å². The summed E-state index contributed by atoms with van der Waals surface area (Å²) in [6, 6.07) is 5.96. The van der Waals surface area contributed by atoms with Crippen molar-refractivity contribution < 1.29 is 5.11 Å². The first-order valence-corrected chi connectivity index (χ1v) is 6.10. The van der Waals surface area contributed by atoms with Crippen LogP contribution in [0, 0.1) is 6.92 Å². The number of rotatable bonds is 3. The lowest BCUT2D eigenvalue weighted by Gasteiger charge is -2.01. The fourth-order valence-electron chi connectivity index (χ4n) is 1.96. The van der Waals surface area contributed by atoms with E-state index < -0.39 is 0 Å². The molecule has 0 fully saturated rings. The minimum atomic E-state index is 0.122. The Kier molecular flexibility index (Phi) is 3.43. The standard InChI is InChI=1S/C13H15N3OS/c1-4-16-11-6-5-8(2)7-10(11)12(13(16)17)15-14-9(3)18/h5-7,17-18H,3-4H2,1-2H3. The van der Waals surface area contributed by atoms with E-state index in [1.54, 1.807) is 4.57 Å². The summed E-state index contributed by atoms with van der Waals surface area (Å²) in [4.78, 5) is 0. The summed E-state index contributed by atoms with van der Waals surface area (Å²) in [5.74, 6) is 0.122. The summed E-state index contributed by atoms with van der Waals surface area (Å²) in [6.45, 7) is 8.18. The summed E-state index contributed by atoms with van der Waals surface area (Å²) in [6.07, 6.45) is 0. The van der Waals surface area contributed by atoms with Gasteiger partial charge < -0.3 is 9.67 Å². The molecule has 0 spiro atoms. The van der Waals surface area contributed by atoms with Crippen molar-refractivity contribution in [2.24, 2.45) is 10.2 Å². The van der Waals surface area contributed by atoms with E-state index >= 15 is 0 Å². The van der Waals surface area contributed by atoms with E-state index in [2.05, 4.69) is 29.4 Å². The normalized spacial score (nSPS) is 11.5. The highest BCUT2D eigenvalue weighted by atomic mass is 32.1. The van der Waals surface area contributed by atoms with Crippen molar-refractivity contribution in [1.29, 1.82) is 0 Å². The highest BCUT2D eigenvalue weighted by Crippen LogP contribution is 2.39. The van der Waals surface area contributed by atoms with Gasteiger partial charge in [-0.05, 0) is 26.0 Å². The molecule has 1 aromatic heterocycles. The number of aromatic nitrogens is 1. The van der Waals surface area contributed by atoms with Gasteiger partial charge in [0, 0.05) is 11.9 Å². The van der Waals surface area contributed by atoms with Crippen molar-refractivity contribution in [3.05, 3.63) is 35.4 Å². The summed E-state index contributed by atoms with van der Waals surface area (Å²) >= 11 is 3.96. The number of nitrogens with zero attached hydrogens (tertiary/aromatic N) is 3. The number of benzene rings is 1. The molecule has 1 aromatic carbocycles. The Morgan fingerprint density at radius 1 is 1.50 bits per heavy atom. The monoisotopic (exact) mass is 261 g/mol. The molecule has 0 aliphatic carbocycles. The smallest absolute Gasteiger partial charge is 0.220 e. The van der Waals surface area contributed by atoms with Gasteiger partial charge in [0.15, 0.2) is 5.69 Å². The van der Waals surface area contributed by atoms with Crippen molar-refractivity contribution in [2.45, 2.75) is 20.4 Å². The summed E-state index contributed by atoms with van der Waals surface area (Å²) in [5.41, 5.74) is 2.52. The number of fused-ring (bicyclic) bond motifs is 1. The molecule has 1 N–H and O–H groups in total. The second kappa shape index (κ2) is 4.86. The maximum absolute atomic E-state index is 10.2. The van der Waals surface area contributed by atoms with Gasteiger partial charge in [-0.25, -0.2) is 0 Å². The molecule has 2 aromatic rings. The van der Waals surface area contributed by atoms with Gasteiger partial charge >= 0.3 is 0 Å². The molecule has 0 radical (unpaired) electrons. The van der Waals surface area contributed by atoms with Crippen LogP contribution in [-0.2, 0) is 6.54 Å². The second-order valence-electron chi connectivity index (χ2n) is 4.05. The Morgan fingerprint density at radius 2 is 2.22 bits per heavy atom. The minimum absolute atomic E-state index is 0.122. The van der Waals surface area contributed by atoms with Gasteiger partial charge in [0.2, 0.25) is 5.88 Å². The van der Waals surface area contributed by atoms with Crippen LogP contribution >= 0.6 is 12.6 Å². The van der Waals surface area contributed by atoms with Crippen LogP contribution in [0.4, 0.5) is 5.69 Å². The van der Waals surface area contributed by atoms with E-state index in [0.29, 0.717) is 17.3 Å². The fourth-order valence-corrected chi connectivity index (χ4v) is 2.01. The van der Waals surface area contributed by atoms with Crippen LogP contribution in [0.3, 0.4) is 0 Å². The molecule has 0 unspecified atom stereocenters. The Morgan fingerprint density at radius 3 is 2.83 bits per heavy atom. The lowest BCUT2D eigenvalue weighted by Crippen LogP contribution is -1.91. The molecule has 0 saturated carbocycles. The molecule has 0 amide bonds. The van der Waals surface area contributed by atoms with Crippen molar-refractivity contribution >= 4 is 29.2 Å². The SMILES string of the molecule is C=C(S)N=Nc1c(O)n(CC)c2ccc(C)cc12. The number of azo groups is 1. The molecule has 1 heterocycles. The Bertz CT molecular complexity index is 643. The van der Waals surface area contributed by atoms with Crippen LogP contribution in [0.5, 0.6) is 5.88 Å². The first-order chi connectivity index (χ1) is 8.54. The highest BCUT2D eigenvalue weighted by Gasteiger charge is 2.15. The lowest BCUT2D eigenvalue weighted by molar-refractivity contribution is 0.427. The molecule has 0 atom stereocenters. The summed E-state index contributed by atoms with van der Waals surface area (Å²) in [7, 11) is 0. The van der Waals surface area contributed by atoms with E-state index in [1.165, 1.54) is 0 Å². The van der Waals surface area contributed by atoms with Crippen LogP contribution in [0.2, 0.25) is 0 Å². The van der Waals surface area contributed by atoms with Gasteiger partial charge in [-0.3, -0.25) is 0 Å². The van der Waals surface area contributed by atoms with Crippen molar-refractivity contribution in [3.8, 4) is 5.88 Å². The number of thiol groups is 1. The zero-order valence-corrected chi connectivity index (χ0v) is 11.3. The number of hydrogen-bond donors (Lipinski definition) is 2. The Balaban J connectivity index is 2.74. The van der Waals surface area contributed by atoms with Gasteiger partial charge in [-0.2, -0.15) is 0 Å². The van der Waals surface area contributed by atoms with Gasteiger partial charge in [-0.15, -0.1) is 22.9 Å². The average molecular weight is 261 g/mol. The molecular formula is C13H15N3OS. The van der Waals surface area contributed by atoms with Gasteiger partial charge in [0.1, 0.15) is 5.03 Å². The first kappa shape index (κ1) is 12.7. The van der Waals surface area contributed by atoms with E-state index in [1.807, 2.05) is 32.0 Å². The molecule has 18 heavy (non-hydrogen) atoms. The Hall–Kier alpha value is -1.75. The third kappa shape index (κ3) is 2.13. The third-order valence-electron chi connectivity index (χ3n) is 2.75. The molecule has 2 rings (SSSR count). The number of aryl methyl sites for hydroxylation is 2. The topological polar surface area (TPSA) is 49.9 Å². The largest absolute Gasteiger partial charge is 0.493 e. The maximum atomic E-state index is 10.2. The van der Waals surface area contributed by atoms with Crippen LogP contribution in [0.1, 0.15) is 12.5 Å².